The standard InChI is InChI=1S/C29H34F3N5O7S/c1-16-13-37(17(2)15-38)27(39)23-12-22(35-45(41,42)26-18(3)34-44-19(26)4)10-11-24(23)43-25(16)14-36(5)28(40)33-21-8-6-20(7-9-21)29(30,31)32/h6-12,16-17,25,35,38H,13-15H2,1-5H3,(H,33,40)/t16-,17+,25-/m1/s1. The smallest absolute Gasteiger partial charge is 0.416 e. The molecule has 3 amide bonds. The van der Waals surface area contributed by atoms with Crippen LogP contribution in [0.15, 0.2) is 51.9 Å². The van der Waals surface area contributed by atoms with E-state index in [9.17, 15) is 36.3 Å². The van der Waals surface area contributed by atoms with E-state index < -0.39 is 45.8 Å². The first kappa shape index (κ1) is 33.6. The lowest BCUT2D eigenvalue weighted by atomic mass is 9.99. The molecule has 0 saturated carbocycles. The van der Waals surface area contributed by atoms with E-state index in [1.54, 1.807) is 6.92 Å². The summed E-state index contributed by atoms with van der Waals surface area (Å²) in [6.45, 7) is 6.23. The molecule has 244 valence electrons. The number of nitrogens with zero attached hydrogens (tertiary/aromatic N) is 3. The number of aliphatic hydroxyl groups excluding tert-OH is 1. The molecule has 1 aliphatic rings. The number of likely N-dealkylation sites (N-methyl/N-ethyl adjacent to an activating group) is 1. The summed E-state index contributed by atoms with van der Waals surface area (Å²) in [5, 5.41) is 16.1. The van der Waals surface area contributed by atoms with Gasteiger partial charge in [0.05, 0.1) is 30.3 Å². The molecule has 16 heteroatoms. The van der Waals surface area contributed by atoms with Crippen LogP contribution in [-0.4, -0.2) is 79.3 Å². The number of sulfonamides is 1. The number of aromatic nitrogens is 1. The van der Waals surface area contributed by atoms with Gasteiger partial charge in [-0.25, -0.2) is 13.2 Å². The molecule has 0 radical (unpaired) electrons. The summed E-state index contributed by atoms with van der Waals surface area (Å²) >= 11 is 0. The second-order valence-corrected chi connectivity index (χ2v) is 12.6. The predicted molar refractivity (Wildman–Crippen MR) is 157 cm³/mol. The van der Waals surface area contributed by atoms with Crippen LogP contribution in [0.25, 0.3) is 0 Å². The predicted octanol–water partition coefficient (Wildman–Crippen LogP) is 4.50. The number of aryl methyl sites for hydroxylation is 2. The fourth-order valence-electron chi connectivity index (χ4n) is 4.88. The Morgan fingerprint density at radius 1 is 1.18 bits per heavy atom. The third kappa shape index (κ3) is 7.50. The highest BCUT2D eigenvalue weighted by Gasteiger charge is 2.35. The van der Waals surface area contributed by atoms with Crippen LogP contribution < -0.4 is 14.8 Å². The molecule has 3 N–H and O–H groups in total. The number of urea groups is 1. The van der Waals surface area contributed by atoms with Gasteiger partial charge in [-0.1, -0.05) is 12.1 Å². The first-order chi connectivity index (χ1) is 21.0. The van der Waals surface area contributed by atoms with Crippen molar-refractivity contribution in [1.29, 1.82) is 0 Å². The number of anilines is 2. The lowest BCUT2D eigenvalue weighted by molar-refractivity contribution is -0.137. The molecule has 3 atom stereocenters. The van der Waals surface area contributed by atoms with E-state index in [2.05, 4.69) is 15.2 Å². The van der Waals surface area contributed by atoms with Crippen molar-refractivity contribution in [3.05, 3.63) is 65.0 Å². The second kappa shape index (κ2) is 13.0. The Balaban J connectivity index is 1.59. The highest BCUT2D eigenvalue weighted by Crippen LogP contribution is 2.33. The first-order valence-electron chi connectivity index (χ1n) is 13.9. The van der Waals surface area contributed by atoms with Crippen molar-refractivity contribution in [1.82, 2.24) is 15.0 Å². The molecule has 2 heterocycles. The van der Waals surface area contributed by atoms with Gasteiger partial charge >= 0.3 is 12.2 Å². The summed E-state index contributed by atoms with van der Waals surface area (Å²) in [5.41, 5.74) is -0.419. The molecule has 4 rings (SSSR count). The van der Waals surface area contributed by atoms with Crippen molar-refractivity contribution in [3.63, 3.8) is 0 Å². The largest absolute Gasteiger partial charge is 0.487 e. The van der Waals surface area contributed by atoms with Gasteiger partial charge in [0.15, 0.2) is 10.7 Å². The number of aliphatic hydroxyl groups is 1. The SMILES string of the molecule is Cc1noc(C)c1S(=O)(=O)Nc1ccc2c(c1)C(=O)N([C@@H](C)CO)C[C@@H](C)[C@@H](CN(C)C(=O)Nc1ccc(C(F)(F)F)cc1)O2. The highest BCUT2D eigenvalue weighted by molar-refractivity contribution is 7.92. The van der Waals surface area contributed by atoms with E-state index in [-0.39, 0.29) is 64.7 Å². The van der Waals surface area contributed by atoms with E-state index in [0.717, 1.165) is 24.3 Å². The van der Waals surface area contributed by atoms with Crippen LogP contribution in [0, 0.1) is 19.8 Å². The maximum atomic E-state index is 13.7. The van der Waals surface area contributed by atoms with E-state index in [1.807, 2.05) is 6.92 Å². The molecule has 2 aromatic carbocycles. The Kier molecular flexibility index (Phi) is 9.68. The second-order valence-electron chi connectivity index (χ2n) is 11.0. The van der Waals surface area contributed by atoms with Gasteiger partial charge in [-0.3, -0.25) is 9.52 Å². The number of alkyl halides is 3. The van der Waals surface area contributed by atoms with Gasteiger partial charge in [0.2, 0.25) is 0 Å². The number of hydrogen-bond acceptors (Lipinski definition) is 8. The Labute approximate surface area is 258 Å². The summed E-state index contributed by atoms with van der Waals surface area (Å²) in [6, 6.07) is 7.02. The molecule has 1 aromatic heterocycles. The maximum Gasteiger partial charge on any atom is 0.416 e. The fraction of sp³-hybridized carbons (Fsp3) is 0.414. The number of carbonyl (C=O) groups is 2. The van der Waals surface area contributed by atoms with E-state index in [4.69, 9.17) is 9.26 Å². The number of ether oxygens (including phenoxy) is 1. The summed E-state index contributed by atoms with van der Waals surface area (Å²) in [4.78, 5) is 29.3. The van der Waals surface area contributed by atoms with Crippen molar-refractivity contribution in [2.75, 3.05) is 36.8 Å². The summed E-state index contributed by atoms with van der Waals surface area (Å²) in [7, 11) is -2.64. The van der Waals surface area contributed by atoms with Crippen molar-refractivity contribution >= 4 is 33.3 Å². The molecule has 0 unspecified atom stereocenters. The zero-order valence-electron chi connectivity index (χ0n) is 25.2. The number of hydrogen-bond donors (Lipinski definition) is 3. The van der Waals surface area contributed by atoms with Crippen molar-refractivity contribution in [3.8, 4) is 5.75 Å². The van der Waals surface area contributed by atoms with Gasteiger partial charge in [0.1, 0.15) is 17.5 Å². The van der Waals surface area contributed by atoms with Crippen molar-refractivity contribution in [2.24, 2.45) is 5.92 Å². The Bertz CT molecular complexity index is 1640. The van der Waals surface area contributed by atoms with Gasteiger partial charge in [-0.05, 0) is 63.2 Å². The van der Waals surface area contributed by atoms with E-state index in [1.165, 1.54) is 48.9 Å². The van der Waals surface area contributed by atoms with Crippen LogP contribution in [0.5, 0.6) is 5.75 Å². The van der Waals surface area contributed by atoms with Gasteiger partial charge < -0.3 is 29.5 Å². The molecule has 0 spiro atoms. The van der Waals surface area contributed by atoms with Gasteiger partial charge in [-0.2, -0.15) is 13.2 Å². The van der Waals surface area contributed by atoms with Crippen molar-refractivity contribution < 1.29 is 45.5 Å². The molecule has 45 heavy (non-hydrogen) atoms. The summed E-state index contributed by atoms with van der Waals surface area (Å²) < 4.78 is 78.6. The minimum atomic E-state index is -4.51. The average molecular weight is 654 g/mol. The number of amides is 3. The maximum absolute atomic E-state index is 13.7. The van der Waals surface area contributed by atoms with Gasteiger partial charge in [-0.15, -0.1) is 0 Å². The Morgan fingerprint density at radius 3 is 2.40 bits per heavy atom. The van der Waals surface area contributed by atoms with Crippen LogP contribution in [0.1, 0.15) is 41.2 Å². The van der Waals surface area contributed by atoms with Crippen LogP contribution in [0.3, 0.4) is 0 Å². The van der Waals surface area contributed by atoms with Crippen LogP contribution in [0.4, 0.5) is 29.3 Å². The topological polar surface area (TPSA) is 154 Å². The molecule has 0 saturated heterocycles. The first-order valence-corrected chi connectivity index (χ1v) is 15.4. The average Bonchev–Trinajstić information content (AvgIpc) is 3.32. The molecule has 0 bridgehead atoms. The van der Waals surface area contributed by atoms with E-state index in [0.29, 0.717) is 0 Å². The third-order valence-electron chi connectivity index (χ3n) is 7.42. The lowest BCUT2D eigenvalue weighted by Gasteiger charge is -2.38. The molecular weight excluding hydrogens is 619 g/mol. The zero-order chi connectivity index (χ0) is 33.3. The monoisotopic (exact) mass is 653 g/mol. The molecule has 0 aliphatic carbocycles. The minimum Gasteiger partial charge on any atom is -0.487 e. The van der Waals surface area contributed by atoms with Crippen LogP contribution in [-0.2, 0) is 16.2 Å². The van der Waals surface area contributed by atoms with Gasteiger partial charge in [0.25, 0.3) is 15.9 Å². The van der Waals surface area contributed by atoms with Crippen LogP contribution in [0.2, 0.25) is 0 Å². The number of rotatable bonds is 8. The fourth-order valence-corrected chi connectivity index (χ4v) is 6.26. The normalized spacial score (nSPS) is 17.9. The number of carbonyl (C=O) groups excluding carboxylic acids is 2. The number of halogens is 3. The molecule has 12 nitrogen and oxygen atoms in total. The minimum absolute atomic E-state index is 0.0169. The Morgan fingerprint density at radius 2 is 1.82 bits per heavy atom. The van der Waals surface area contributed by atoms with E-state index >= 15 is 0 Å². The van der Waals surface area contributed by atoms with Crippen molar-refractivity contribution in [2.45, 2.75) is 50.9 Å². The number of benzene rings is 2. The zero-order valence-corrected chi connectivity index (χ0v) is 26.0. The lowest BCUT2D eigenvalue weighted by Crippen LogP contribution is -2.50. The Hall–Kier alpha value is -4.31. The number of fused-ring (bicyclic) bond motifs is 1. The quantitative estimate of drug-likeness (QED) is 0.321. The third-order valence-corrected chi connectivity index (χ3v) is 9.04. The van der Waals surface area contributed by atoms with Gasteiger partial charge in [0, 0.05) is 30.9 Å². The molecule has 0 fully saturated rings. The molecular formula is C29H34F3N5O7S. The molecule has 3 aromatic rings. The summed E-state index contributed by atoms with van der Waals surface area (Å²) in [5.74, 6) is -0.626. The number of nitrogens with one attached hydrogen (secondary N) is 2. The molecule has 1 aliphatic heterocycles. The highest BCUT2D eigenvalue weighted by atomic mass is 32.2. The summed E-state index contributed by atoms with van der Waals surface area (Å²) in [6.07, 6.45) is -5.19. The van der Waals surface area contributed by atoms with Crippen LogP contribution >= 0.6 is 0 Å².